The van der Waals surface area contributed by atoms with E-state index in [-0.39, 0.29) is 0 Å². The van der Waals surface area contributed by atoms with Crippen LogP contribution in [0.1, 0.15) is 12.0 Å². The Morgan fingerprint density at radius 3 is 2.75 bits per heavy atom. The van der Waals surface area contributed by atoms with Crippen LogP contribution in [0.3, 0.4) is 0 Å². The molecule has 0 unspecified atom stereocenters. The maximum Gasteiger partial charge on any atom is 0.144 e. The van der Waals surface area contributed by atoms with E-state index in [4.69, 9.17) is 0 Å². The minimum Gasteiger partial charge on any atom is -0.326 e. The number of benzene rings is 2. The number of aromatic nitrogens is 2. The minimum atomic E-state index is 1.00. The summed E-state index contributed by atoms with van der Waals surface area (Å²) in [5.74, 6) is 1.02. The second-order valence-electron chi connectivity index (χ2n) is 5.10. The SMILES string of the molecule is c1ccc2c(c1)CCCN2c1ncnc2ccccc12. The van der Waals surface area contributed by atoms with Gasteiger partial charge in [-0.3, -0.25) is 0 Å². The summed E-state index contributed by atoms with van der Waals surface area (Å²) >= 11 is 0. The van der Waals surface area contributed by atoms with Gasteiger partial charge in [-0.15, -0.1) is 0 Å². The predicted octanol–water partition coefficient (Wildman–Crippen LogP) is 3.71. The molecule has 4 rings (SSSR count). The lowest BCUT2D eigenvalue weighted by molar-refractivity contribution is 0.761. The number of para-hydroxylation sites is 2. The van der Waals surface area contributed by atoms with Gasteiger partial charge in [0.15, 0.2) is 0 Å². The Hall–Kier alpha value is -2.42. The lowest BCUT2D eigenvalue weighted by atomic mass is 10.0. The van der Waals surface area contributed by atoms with Gasteiger partial charge in [-0.2, -0.15) is 0 Å². The van der Waals surface area contributed by atoms with E-state index < -0.39 is 0 Å². The number of hydrogen-bond acceptors (Lipinski definition) is 3. The number of fused-ring (bicyclic) bond motifs is 2. The average molecular weight is 261 g/mol. The third-order valence-electron chi connectivity index (χ3n) is 3.89. The molecular formula is C17H15N3. The molecule has 0 radical (unpaired) electrons. The summed E-state index contributed by atoms with van der Waals surface area (Å²) in [6.45, 7) is 1.01. The van der Waals surface area contributed by atoms with Gasteiger partial charge in [0.2, 0.25) is 0 Å². The molecule has 98 valence electrons. The van der Waals surface area contributed by atoms with Crippen molar-refractivity contribution in [2.45, 2.75) is 12.8 Å². The summed E-state index contributed by atoms with van der Waals surface area (Å²) in [6, 6.07) is 16.8. The van der Waals surface area contributed by atoms with Gasteiger partial charge in [0.25, 0.3) is 0 Å². The van der Waals surface area contributed by atoms with Gasteiger partial charge in [-0.1, -0.05) is 30.3 Å². The highest BCUT2D eigenvalue weighted by Gasteiger charge is 2.20. The molecule has 1 aromatic heterocycles. The Balaban J connectivity index is 1.93. The molecule has 0 spiro atoms. The molecule has 2 heterocycles. The lowest BCUT2D eigenvalue weighted by Gasteiger charge is -2.30. The van der Waals surface area contributed by atoms with Crippen LogP contribution in [0.5, 0.6) is 0 Å². The highest BCUT2D eigenvalue weighted by molar-refractivity contribution is 5.91. The molecule has 1 aliphatic heterocycles. The first-order chi connectivity index (χ1) is 9.93. The van der Waals surface area contributed by atoms with Gasteiger partial charge in [-0.25, -0.2) is 9.97 Å². The van der Waals surface area contributed by atoms with Crippen LogP contribution in [0.15, 0.2) is 54.9 Å². The van der Waals surface area contributed by atoms with Crippen molar-refractivity contribution in [2.24, 2.45) is 0 Å². The van der Waals surface area contributed by atoms with Gasteiger partial charge >= 0.3 is 0 Å². The minimum absolute atomic E-state index is 1.00. The van der Waals surface area contributed by atoms with Crippen LogP contribution < -0.4 is 4.90 Å². The number of aryl methyl sites for hydroxylation is 1. The third kappa shape index (κ3) is 1.74. The highest BCUT2D eigenvalue weighted by Crippen LogP contribution is 2.34. The fourth-order valence-corrected chi connectivity index (χ4v) is 2.96. The van der Waals surface area contributed by atoms with Crippen LogP contribution in [0, 0.1) is 0 Å². The largest absolute Gasteiger partial charge is 0.326 e. The molecule has 0 N–H and O–H groups in total. The van der Waals surface area contributed by atoms with Crippen LogP contribution in [0.25, 0.3) is 10.9 Å². The van der Waals surface area contributed by atoms with Crippen molar-refractivity contribution in [3.8, 4) is 0 Å². The number of rotatable bonds is 1. The third-order valence-corrected chi connectivity index (χ3v) is 3.89. The molecule has 3 heteroatoms. The monoisotopic (exact) mass is 261 g/mol. The summed E-state index contributed by atoms with van der Waals surface area (Å²) in [4.78, 5) is 11.2. The van der Waals surface area contributed by atoms with E-state index >= 15 is 0 Å². The Morgan fingerprint density at radius 1 is 0.900 bits per heavy atom. The van der Waals surface area contributed by atoms with E-state index in [2.05, 4.69) is 45.2 Å². The number of anilines is 2. The first-order valence-corrected chi connectivity index (χ1v) is 6.99. The molecule has 2 aromatic carbocycles. The second-order valence-corrected chi connectivity index (χ2v) is 5.10. The summed E-state index contributed by atoms with van der Waals surface area (Å²) in [6.07, 6.45) is 3.97. The topological polar surface area (TPSA) is 29.0 Å². The van der Waals surface area contributed by atoms with Gasteiger partial charge in [0, 0.05) is 17.6 Å². The van der Waals surface area contributed by atoms with E-state index in [1.165, 1.54) is 11.3 Å². The molecule has 0 saturated heterocycles. The summed E-state index contributed by atoms with van der Waals surface area (Å²) < 4.78 is 0. The maximum absolute atomic E-state index is 4.54. The normalized spacial score (nSPS) is 14.3. The Bertz CT molecular complexity index is 762. The predicted molar refractivity (Wildman–Crippen MR) is 81.3 cm³/mol. The summed E-state index contributed by atoms with van der Waals surface area (Å²) in [5.41, 5.74) is 3.68. The van der Waals surface area contributed by atoms with Gasteiger partial charge in [-0.05, 0) is 36.6 Å². The van der Waals surface area contributed by atoms with Crippen LogP contribution in [0.4, 0.5) is 11.5 Å². The smallest absolute Gasteiger partial charge is 0.144 e. The van der Waals surface area contributed by atoms with Crippen molar-refractivity contribution < 1.29 is 0 Å². The van der Waals surface area contributed by atoms with Crippen molar-refractivity contribution in [2.75, 3.05) is 11.4 Å². The van der Waals surface area contributed by atoms with Gasteiger partial charge in [0.05, 0.1) is 5.52 Å². The standard InChI is InChI=1S/C17H15N3/c1-4-10-16-13(6-1)7-5-11-20(16)17-14-8-2-3-9-15(14)18-12-19-17/h1-4,6,8-10,12H,5,7,11H2. The quantitative estimate of drug-likeness (QED) is 0.668. The summed E-state index contributed by atoms with van der Waals surface area (Å²) in [5, 5.41) is 1.12. The Kier molecular flexibility index (Phi) is 2.62. The molecule has 3 aromatic rings. The molecule has 0 bridgehead atoms. The van der Waals surface area contributed by atoms with Crippen molar-refractivity contribution in [1.29, 1.82) is 0 Å². The Labute approximate surface area is 117 Å². The van der Waals surface area contributed by atoms with E-state index in [0.717, 1.165) is 36.1 Å². The van der Waals surface area contributed by atoms with E-state index in [1.807, 2.05) is 18.2 Å². The van der Waals surface area contributed by atoms with Gasteiger partial charge < -0.3 is 4.90 Å². The van der Waals surface area contributed by atoms with Crippen LogP contribution >= 0.6 is 0 Å². The lowest BCUT2D eigenvalue weighted by Crippen LogP contribution is -2.25. The highest BCUT2D eigenvalue weighted by atomic mass is 15.2. The zero-order valence-electron chi connectivity index (χ0n) is 11.2. The molecular weight excluding hydrogens is 246 g/mol. The van der Waals surface area contributed by atoms with E-state index in [1.54, 1.807) is 6.33 Å². The zero-order chi connectivity index (χ0) is 13.4. The van der Waals surface area contributed by atoms with Crippen molar-refractivity contribution in [3.05, 3.63) is 60.4 Å². The number of hydrogen-bond donors (Lipinski definition) is 0. The molecule has 0 fully saturated rings. The van der Waals surface area contributed by atoms with Crippen molar-refractivity contribution >= 4 is 22.4 Å². The molecule has 1 aliphatic rings. The van der Waals surface area contributed by atoms with Crippen LogP contribution in [-0.4, -0.2) is 16.5 Å². The zero-order valence-corrected chi connectivity index (χ0v) is 11.2. The first-order valence-electron chi connectivity index (χ1n) is 6.99. The van der Waals surface area contributed by atoms with E-state index in [9.17, 15) is 0 Å². The van der Waals surface area contributed by atoms with Gasteiger partial charge in [0.1, 0.15) is 12.1 Å². The molecule has 0 saturated carbocycles. The maximum atomic E-state index is 4.54. The molecule has 20 heavy (non-hydrogen) atoms. The molecule has 0 amide bonds. The molecule has 3 nitrogen and oxygen atoms in total. The molecule has 0 aliphatic carbocycles. The Morgan fingerprint density at radius 2 is 1.75 bits per heavy atom. The fraction of sp³-hybridized carbons (Fsp3) is 0.176. The van der Waals surface area contributed by atoms with Crippen molar-refractivity contribution in [3.63, 3.8) is 0 Å². The fourth-order valence-electron chi connectivity index (χ4n) is 2.96. The number of nitrogens with zero attached hydrogens (tertiary/aromatic N) is 3. The van der Waals surface area contributed by atoms with E-state index in [0.29, 0.717) is 0 Å². The summed E-state index contributed by atoms with van der Waals surface area (Å²) in [7, 11) is 0. The van der Waals surface area contributed by atoms with Crippen molar-refractivity contribution in [1.82, 2.24) is 9.97 Å². The second kappa shape index (κ2) is 4.60. The van der Waals surface area contributed by atoms with Crippen LogP contribution in [-0.2, 0) is 6.42 Å². The average Bonchev–Trinajstić information content (AvgIpc) is 2.54. The van der Waals surface area contributed by atoms with Crippen LogP contribution in [0.2, 0.25) is 0 Å². The molecule has 0 atom stereocenters. The first kappa shape index (κ1) is 11.4.